The van der Waals surface area contributed by atoms with Gasteiger partial charge in [-0.05, 0) is 31.9 Å². The summed E-state index contributed by atoms with van der Waals surface area (Å²) in [6.45, 7) is 6.33. The number of carbonyl (C=O) groups is 1. The predicted octanol–water partition coefficient (Wildman–Crippen LogP) is 2.97. The molecule has 0 spiro atoms. The van der Waals surface area contributed by atoms with Gasteiger partial charge in [0, 0.05) is 38.1 Å². The first kappa shape index (κ1) is 21.7. The first-order valence-electron chi connectivity index (χ1n) is 11.7. The maximum absolute atomic E-state index is 13.3. The second-order valence-electron chi connectivity index (χ2n) is 9.19. The van der Waals surface area contributed by atoms with Crippen LogP contribution in [-0.2, 0) is 24.3 Å². The highest BCUT2D eigenvalue weighted by Crippen LogP contribution is 2.34. The summed E-state index contributed by atoms with van der Waals surface area (Å²) in [5.41, 5.74) is 5.31. The van der Waals surface area contributed by atoms with E-state index in [4.69, 9.17) is 9.72 Å². The van der Waals surface area contributed by atoms with Crippen LogP contribution in [0.4, 0.5) is 0 Å². The van der Waals surface area contributed by atoms with Crippen molar-refractivity contribution in [1.29, 1.82) is 0 Å². The molecule has 1 saturated heterocycles. The van der Waals surface area contributed by atoms with Crippen molar-refractivity contribution < 1.29 is 9.53 Å². The van der Waals surface area contributed by atoms with Gasteiger partial charge in [0.2, 0.25) is 5.91 Å². The van der Waals surface area contributed by atoms with E-state index in [-0.39, 0.29) is 17.5 Å². The molecular formula is C25H31N5O3. The summed E-state index contributed by atoms with van der Waals surface area (Å²) in [5, 5.41) is 3.35. The molecule has 33 heavy (non-hydrogen) atoms. The Balaban J connectivity index is 1.49. The molecule has 174 valence electrons. The summed E-state index contributed by atoms with van der Waals surface area (Å²) in [4.78, 5) is 34.0. The number of nitrogens with zero attached hydrogens (tertiary/aromatic N) is 4. The van der Waals surface area contributed by atoms with Crippen molar-refractivity contribution in [2.75, 3.05) is 20.2 Å². The molecule has 5 rings (SSSR count). The van der Waals surface area contributed by atoms with Crippen molar-refractivity contribution in [2.45, 2.75) is 58.7 Å². The fourth-order valence-corrected chi connectivity index (χ4v) is 5.32. The van der Waals surface area contributed by atoms with Gasteiger partial charge in [0.15, 0.2) is 5.65 Å². The number of benzene rings is 1. The van der Waals surface area contributed by atoms with Crippen molar-refractivity contribution in [2.24, 2.45) is 0 Å². The minimum absolute atomic E-state index is 0.0123. The Bertz CT molecular complexity index is 1260. The van der Waals surface area contributed by atoms with E-state index in [0.29, 0.717) is 30.7 Å². The van der Waals surface area contributed by atoms with Gasteiger partial charge in [-0.15, -0.1) is 0 Å². The summed E-state index contributed by atoms with van der Waals surface area (Å²) < 4.78 is 7.24. The maximum atomic E-state index is 13.3. The molecule has 0 saturated carbocycles. The minimum Gasteiger partial charge on any atom is -0.496 e. The molecule has 0 aliphatic carbocycles. The molecule has 1 N–H and O–H groups in total. The molecule has 2 aliphatic heterocycles. The average Bonchev–Trinajstić information content (AvgIpc) is 3.24. The average molecular weight is 450 g/mol. The first-order valence-corrected chi connectivity index (χ1v) is 11.7. The first-order chi connectivity index (χ1) is 16.0. The number of fused-ring (bicyclic) bond motifs is 2. The number of rotatable bonds is 4. The number of methoxy groups -OCH3 is 1. The largest absolute Gasteiger partial charge is 0.496 e. The van der Waals surface area contributed by atoms with Crippen molar-refractivity contribution in [3.8, 4) is 5.75 Å². The Kier molecular flexibility index (Phi) is 5.70. The van der Waals surface area contributed by atoms with Crippen LogP contribution in [0.25, 0.3) is 5.65 Å². The van der Waals surface area contributed by atoms with Gasteiger partial charge in [-0.3, -0.25) is 19.6 Å². The lowest BCUT2D eigenvalue weighted by atomic mass is 9.98. The molecule has 4 heterocycles. The molecule has 3 aromatic rings. The molecule has 0 bridgehead atoms. The van der Waals surface area contributed by atoms with Crippen LogP contribution in [0.5, 0.6) is 5.75 Å². The Labute approximate surface area is 193 Å². The normalized spacial score (nSPS) is 19.0. The SMILES string of the molecule is COc1c(C)cccc1CN1CCCCC1c1cc2nc3c(c(=O)n2[nH]1)CN(C(C)=O)CC3. The van der Waals surface area contributed by atoms with Crippen LogP contribution in [0.15, 0.2) is 29.1 Å². The van der Waals surface area contributed by atoms with Gasteiger partial charge in [0.25, 0.3) is 5.56 Å². The molecule has 8 heteroatoms. The Morgan fingerprint density at radius 3 is 2.91 bits per heavy atom. The summed E-state index contributed by atoms with van der Waals surface area (Å²) in [6, 6.07) is 8.48. The van der Waals surface area contributed by atoms with Crippen LogP contribution in [0.3, 0.4) is 0 Å². The van der Waals surface area contributed by atoms with Crippen LogP contribution >= 0.6 is 0 Å². The van der Waals surface area contributed by atoms with E-state index in [9.17, 15) is 9.59 Å². The van der Waals surface area contributed by atoms with Gasteiger partial charge < -0.3 is 9.64 Å². The third-order valence-electron chi connectivity index (χ3n) is 7.07. The van der Waals surface area contributed by atoms with Crippen molar-refractivity contribution in [3.63, 3.8) is 0 Å². The molecule has 1 fully saturated rings. The van der Waals surface area contributed by atoms with E-state index in [1.807, 2.05) is 6.07 Å². The Morgan fingerprint density at radius 2 is 2.12 bits per heavy atom. The maximum Gasteiger partial charge on any atom is 0.277 e. The van der Waals surface area contributed by atoms with Gasteiger partial charge in [-0.2, -0.15) is 0 Å². The van der Waals surface area contributed by atoms with Gasteiger partial charge in [0.05, 0.1) is 36.6 Å². The molecule has 1 unspecified atom stereocenters. The number of aromatic nitrogens is 3. The molecule has 1 amide bonds. The molecule has 8 nitrogen and oxygen atoms in total. The zero-order valence-corrected chi connectivity index (χ0v) is 19.6. The molecule has 2 aromatic heterocycles. The number of amides is 1. The van der Waals surface area contributed by atoms with Gasteiger partial charge in [-0.25, -0.2) is 9.50 Å². The fourth-order valence-electron chi connectivity index (χ4n) is 5.32. The summed E-state index contributed by atoms with van der Waals surface area (Å²) >= 11 is 0. The molecule has 1 atom stereocenters. The van der Waals surface area contributed by atoms with Crippen LogP contribution < -0.4 is 10.3 Å². The van der Waals surface area contributed by atoms with E-state index < -0.39 is 0 Å². The van der Waals surface area contributed by atoms with E-state index in [0.717, 1.165) is 55.1 Å². The van der Waals surface area contributed by atoms with E-state index in [1.165, 1.54) is 5.56 Å². The van der Waals surface area contributed by atoms with Gasteiger partial charge >= 0.3 is 0 Å². The summed E-state index contributed by atoms with van der Waals surface area (Å²) in [6.07, 6.45) is 3.93. The van der Waals surface area contributed by atoms with E-state index >= 15 is 0 Å². The highest BCUT2D eigenvalue weighted by atomic mass is 16.5. The second-order valence-corrected chi connectivity index (χ2v) is 9.19. The van der Waals surface area contributed by atoms with Gasteiger partial charge in [0.1, 0.15) is 5.75 Å². The highest BCUT2D eigenvalue weighted by molar-refractivity contribution is 5.73. The van der Waals surface area contributed by atoms with E-state index in [2.05, 4.69) is 35.1 Å². The number of carbonyl (C=O) groups excluding carboxylic acids is 1. The standard InChI is InChI=1S/C25H31N5O3/c1-16-7-6-8-18(24(16)33-3)14-29-11-5-4-9-22(29)21-13-23-26-20-10-12-28(17(2)31)15-19(20)25(32)30(23)27-21/h6-8,13,22,27H,4-5,9-12,14-15H2,1-3H3. The Morgan fingerprint density at radius 1 is 1.27 bits per heavy atom. The number of nitrogens with one attached hydrogen (secondary N) is 1. The number of ether oxygens (including phenoxy) is 1. The number of likely N-dealkylation sites (tertiary alicyclic amines) is 1. The van der Waals surface area contributed by atoms with Crippen molar-refractivity contribution in [1.82, 2.24) is 24.4 Å². The summed E-state index contributed by atoms with van der Waals surface area (Å²) in [5.74, 6) is 0.931. The van der Waals surface area contributed by atoms with Gasteiger partial charge in [-0.1, -0.05) is 24.6 Å². The van der Waals surface area contributed by atoms with Crippen LogP contribution in [0.1, 0.15) is 60.3 Å². The number of aryl methyl sites for hydroxylation is 1. The molecule has 2 aliphatic rings. The molecule has 0 radical (unpaired) electrons. The second kappa shape index (κ2) is 8.67. The number of piperidine rings is 1. The quantitative estimate of drug-likeness (QED) is 0.662. The third-order valence-corrected chi connectivity index (χ3v) is 7.07. The zero-order chi connectivity index (χ0) is 23.1. The third kappa shape index (κ3) is 3.93. The summed E-state index contributed by atoms with van der Waals surface area (Å²) in [7, 11) is 1.73. The predicted molar refractivity (Wildman–Crippen MR) is 125 cm³/mol. The topological polar surface area (TPSA) is 82.9 Å². The monoisotopic (exact) mass is 449 g/mol. The van der Waals surface area contributed by atoms with E-state index in [1.54, 1.807) is 23.4 Å². The van der Waals surface area contributed by atoms with Crippen LogP contribution in [0.2, 0.25) is 0 Å². The number of para-hydroxylation sites is 1. The van der Waals surface area contributed by atoms with Crippen LogP contribution in [-0.4, -0.2) is 50.5 Å². The minimum atomic E-state index is -0.102. The number of aromatic amines is 1. The lowest BCUT2D eigenvalue weighted by Gasteiger charge is -2.35. The number of hydrogen-bond acceptors (Lipinski definition) is 5. The van der Waals surface area contributed by atoms with Crippen molar-refractivity contribution >= 4 is 11.6 Å². The fraction of sp³-hybridized carbons (Fsp3) is 0.480. The highest BCUT2D eigenvalue weighted by Gasteiger charge is 2.28. The number of H-pyrrole nitrogens is 1. The van der Waals surface area contributed by atoms with Crippen molar-refractivity contribution in [3.05, 3.63) is 62.7 Å². The lowest BCUT2D eigenvalue weighted by Crippen LogP contribution is -2.39. The Hall–Kier alpha value is -3.13. The van der Waals surface area contributed by atoms with Crippen LogP contribution in [0, 0.1) is 6.92 Å². The molecular weight excluding hydrogens is 418 g/mol. The lowest BCUT2D eigenvalue weighted by molar-refractivity contribution is -0.129. The number of hydrogen-bond donors (Lipinski definition) is 1. The smallest absolute Gasteiger partial charge is 0.277 e. The zero-order valence-electron chi connectivity index (χ0n) is 19.6. The molecule has 1 aromatic carbocycles.